The maximum Gasteiger partial charge on any atom is 0.118 e. The van der Waals surface area contributed by atoms with Crippen molar-refractivity contribution in [3.63, 3.8) is 0 Å². The number of ether oxygens (including phenoxy) is 1. The largest absolute Gasteiger partial charge is 0.497 e. The number of rotatable bonds is 4. The lowest BCUT2D eigenvalue weighted by Crippen LogP contribution is -2.08. The molecular weight excluding hydrogens is 270 g/mol. The second-order valence-corrected chi connectivity index (χ2v) is 5.17. The molecule has 0 saturated heterocycles. The molecule has 2 aromatic carbocycles. The van der Waals surface area contributed by atoms with Crippen LogP contribution >= 0.6 is 11.6 Å². The average Bonchev–Trinajstić information content (AvgIpc) is 2.46. The van der Waals surface area contributed by atoms with Gasteiger partial charge in [0.2, 0.25) is 0 Å². The van der Waals surface area contributed by atoms with Crippen molar-refractivity contribution in [2.24, 2.45) is 0 Å². The molecule has 0 amide bonds. The standard InChI is InChI=1S/C17H18ClNO/c1-12(13-5-8-15(20-4)9-6-13)16-10-7-14(19(2)3)11-17(16)18/h5-11H,1H2,2-4H3. The van der Waals surface area contributed by atoms with E-state index >= 15 is 0 Å². The van der Waals surface area contributed by atoms with Crippen LogP contribution in [-0.2, 0) is 0 Å². The molecule has 0 unspecified atom stereocenters. The zero-order valence-corrected chi connectivity index (χ0v) is 12.7. The fourth-order valence-electron chi connectivity index (χ4n) is 1.97. The molecule has 0 aromatic heterocycles. The van der Waals surface area contributed by atoms with E-state index in [9.17, 15) is 0 Å². The van der Waals surface area contributed by atoms with Crippen LogP contribution in [0, 0.1) is 0 Å². The van der Waals surface area contributed by atoms with E-state index in [4.69, 9.17) is 16.3 Å². The molecule has 0 saturated carbocycles. The molecule has 0 atom stereocenters. The Labute approximate surface area is 125 Å². The topological polar surface area (TPSA) is 12.5 Å². The molecule has 0 aliphatic rings. The monoisotopic (exact) mass is 287 g/mol. The molecule has 0 spiro atoms. The van der Waals surface area contributed by atoms with Gasteiger partial charge in [0, 0.05) is 25.3 Å². The average molecular weight is 288 g/mol. The lowest BCUT2D eigenvalue weighted by atomic mass is 9.99. The Bertz CT molecular complexity index is 617. The van der Waals surface area contributed by atoms with Crippen molar-refractivity contribution in [3.05, 3.63) is 65.2 Å². The van der Waals surface area contributed by atoms with E-state index in [0.717, 1.165) is 28.1 Å². The van der Waals surface area contributed by atoms with Crippen LogP contribution in [0.15, 0.2) is 49.0 Å². The Kier molecular flexibility index (Phi) is 4.35. The van der Waals surface area contributed by atoms with Crippen LogP contribution in [0.4, 0.5) is 5.69 Å². The molecule has 20 heavy (non-hydrogen) atoms. The smallest absolute Gasteiger partial charge is 0.118 e. The van der Waals surface area contributed by atoms with Crippen LogP contribution in [0.2, 0.25) is 5.02 Å². The minimum absolute atomic E-state index is 0.706. The highest BCUT2D eigenvalue weighted by molar-refractivity contribution is 6.32. The fourth-order valence-corrected chi connectivity index (χ4v) is 2.26. The lowest BCUT2D eigenvalue weighted by Gasteiger charge is -2.15. The summed E-state index contributed by atoms with van der Waals surface area (Å²) in [4.78, 5) is 2.02. The van der Waals surface area contributed by atoms with E-state index in [0.29, 0.717) is 5.02 Å². The zero-order chi connectivity index (χ0) is 14.7. The summed E-state index contributed by atoms with van der Waals surface area (Å²) in [5.74, 6) is 0.829. The second kappa shape index (κ2) is 6.02. The Morgan fingerprint density at radius 1 is 1.10 bits per heavy atom. The van der Waals surface area contributed by atoms with Crippen LogP contribution in [0.3, 0.4) is 0 Å². The molecule has 0 fully saturated rings. The summed E-state index contributed by atoms with van der Waals surface area (Å²) in [6, 6.07) is 13.8. The van der Waals surface area contributed by atoms with Crippen molar-refractivity contribution >= 4 is 22.9 Å². The molecule has 0 radical (unpaired) electrons. The first-order valence-corrected chi connectivity index (χ1v) is 6.71. The van der Waals surface area contributed by atoms with Gasteiger partial charge in [-0.2, -0.15) is 0 Å². The molecule has 2 nitrogen and oxygen atoms in total. The van der Waals surface area contributed by atoms with Gasteiger partial charge in [0.25, 0.3) is 0 Å². The van der Waals surface area contributed by atoms with Gasteiger partial charge in [-0.15, -0.1) is 0 Å². The summed E-state index contributed by atoms with van der Waals surface area (Å²) in [7, 11) is 5.63. The molecule has 0 aliphatic carbocycles. The predicted molar refractivity (Wildman–Crippen MR) is 86.9 cm³/mol. The molecule has 0 bridgehead atoms. The van der Waals surface area contributed by atoms with Gasteiger partial charge in [0.15, 0.2) is 0 Å². The number of hydrogen-bond acceptors (Lipinski definition) is 2. The Hall–Kier alpha value is -1.93. The van der Waals surface area contributed by atoms with Crippen molar-refractivity contribution in [2.75, 3.05) is 26.1 Å². The Balaban J connectivity index is 2.32. The van der Waals surface area contributed by atoms with Crippen LogP contribution in [0.5, 0.6) is 5.75 Å². The maximum atomic E-state index is 6.36. The highest BCUT2D eigenvalue weighted by Crippen LogP contribution is 2.31. The quantitative estimate of drug-likeness (QED) is 0.822. The van der Waals surface area contributed by atoms with Gasteiger partial charge in [0.05, 0.1) is 12.1 Å². The Morgan fingerprint density at radius 3 is 2.25 bits per heavy atom. The summed E-state index contributed by atoms with van der Waals surface area (Å²) >= 11 is 6.36. The number of benzene rings is 2. The summed E-state index contributed by atoms with van der Waals surface area (Å²) in [5.41, 5.74) is 3.96. The summed E-state index contributed by atoms with van der Waals surface area (Å²) in [5, 5.41) is 0.706. The number of hydrogen-bond donors (Lipinski definition) is 0. The van der Waals surface area contributed by atoms with Gasteiger partial charge < -0.3 is 9.64 Å². The van der Waals surface area contributed by atoms with Gasteiger partial charge in [-0.25, -0.2) is 0 Å². The van der Waals surface area contributed by atoms with Crippen LogP contribution < -0.4 is 9.64 Å². The molecule has 2 aromatic rings. The lowest BCUT2D eigenvalue weighted by molar-refractivity contribution is 0.415. The normalized spacial score (nSPS) is 10.2. The van der Waals surface area contributed by atoms with E-state index in [1.807, 2.05) is 61.5 Å². The van der Waals surface area contributed by atoms with Crippen molar-refractivity contribution in [3.8, 4) is 5.75 Å². The third-order valence-electron chi connectivity index (χ3n) is 3.23. The number of nitrogens with zero attached hydrogens (tertiary/aromatic N) is 1. The molecule has 2 rings (SSSR count). The minimum atomic E-state index is 0.706. The van der Waals surface area contributed by atoms with Crippen LogP contribution in [0.1, 0.15) is 11.1 Å². The van der Waals surface area contributed by atoms with Crippen molar-refractivity contribution in [2.45, 2.75) is 0 Å². The van der Waals surface area contributed by atoms with Gasteiger partial charge in [-0.3, -0.25) is 0 Å². The third kappa shape index (κ3) is 2.97. The highest BCUT2D eigenvalue weighted by atomic mass is 35.5. The summed E-state index contributed by atoms with van der Waals surface area (Å²) in [6.45, 7) is 4.15. The second-order valence-electron chi connectivity index (χ2n) is 4.77. The maximum absolute atomic E-state index is 6.36. The van der Waals surface area contributed by atoms with Gasteiger partial charge in [-0.05, 0) is 35.4 Å². The van der Waals surface area contributed by atoms with Crippen molar-refractivity contribution in [1.82, 2.24) is 0 Å². The fraction of sp³-hybridized carbons (Fsp3) is 0.176. The molecule has 3 heteroatoms. The van der Waals surface area contributed by atoms with Crippen molar-refractivity contribution < 1.29 is 4.74 Å². The minimum Gasteiger partial charge on any atom is -0.497 e. The molecule has 0 aliphatic heterocycles. The van der Waals surface area contributed by atoms with E-state index in [2.05, 4.69) is 6.58 Å². The first-order chi connectivity index (χ1) is 9.52. The number of methoxy groups -OCH3 is 1. The first kappa shape index (κ1) is 14.5. The van der Waals surface area contributed by atoms with Gasteiger partial charge in [-0.1, -0.05) is 36.4 Å². The first-order valence-electron chi connectivity index (χ1n) is 6.33. The van der Waals surface area contributed by atoms with Crippen molar-refractivity contribution in [1.29, 1.82) is 0 Å². The zero-order valence-electron chi connectivity index (χ0n) is 12.0. The SMILES string of the molecule is C=C(c1ccc(OC)cc1)c1ccc(N(C)C)cc1Cl. The van der Waals surface area contributed by atoms with E-state index in [-0.39, 0.29) is 0 Å². The van der Waals surface area contributed by atoms with E-state index in [1.165, 1.54) is 0 Å². The van der Waals surface area contributed by atoms with Gasteiger partial charge in [0.1, 0.15) is 5.75 Å². The van der Waals surface area contributed by atoms with Crippen LogP contribution in [0.25, 0.3) is 5.57 Å². The van der Waals surface area contributed by atoms with E-state index < -0.39 is 0 Å². The molecular formula is C17H18ClNO. The number of anilines is 1. The third-order valence-corrected chi connectivity index (χ3v) is 3.55. The van der Waals surface area contributed by atoms with Gasteiger partial charge >= 0.3 is 0 Å². The van der Waals surface area contributed by atoms with Crippen LogP contribution in [-0.4, -0.2) is 21.2 Å². The predicted octanol–water partition coefficient (Wildman–Crippen LogP) is 4.48. The molecule has 104 valence electrons. The summed E-state index contributed by atoms with van der Waals surface area (Å²) < 4.78 is 5.16. The summed E-state index contributed by atoms with van der Waals surface area (Å²) in [6.07, 6.45) is 0. The molecule has 0 N–H and O–H groups in total. The van der Waals surface area contributed by atoms with E-state index in [1.54, 1.807) is 7.11 Å². The molecule has 0 heterocycles. The highest BCUT2D eigenvalue weighted by Gasteiger charge is 2.08. The number of halogens is 1. The Morgan fingerprint density at radius 2 is 1.75 bits per heavy atom.